The largest absolute Gasteiger partial charge is 0.351 e. The Labute approximate surface area is 99.6 Å². The highest BCUT2D eigenvalue weighted by Gasteiger charge is 2.07. The Morgan fingerprint density at radius 2 is 2.00 bits per heavy atom. The maximum Gasteiger partial charge on any atom is 0.251 e. The lowest BCUT2D eigenvalue weighted by molar-refractivity contribution is 0.0953. The predicted molar refractivity (Wildman–Crippen MR) is 63.7 cm³/mol. The van der Waals surface area contributed by atoms with Gasteiger partial charge in [0.25, 0.3) is 5.91 Å². The van der Waals surface area contributed by atoms with Crippen LogP contribution in [0, 0.1) is 0 Å². The Hall–Kier alpha value is -0.730. The van der Waals surface area contributed by atoms with Gasteiger partial charge in [-0.1, -0.05) is 18.5 Å². The summed E-state index contributed by atoms with van der Waals surface area (Å²) in [5.41, 5.74) is 0.597. The molecule has 0 aromatic heterocycles. The second kappa shape index (κ2) is 5.99. The van der Waals surface area contributed by atoms with Gasteiger partial charge >= 0.3 is 0 Å². The van der Waals surface area contributed by atoms with Crippen molar-refractivity contribution in [3.8, 4) is 0 Å². The molecule has 1 atom stereocenters. The van der Waals surface area contributed by atoms with Crippen molar-refractivity contribution < 1.29 is 4.79 Å². The topological polar surface area (TPSA) is 29.1 Å². The first kappa shape index (κ1) is 12.3. The van der Waals surface area contributed by atoms with Gasteiger partial charge < -0.3 is 5.32 Å². The van der Waals surface area contributed by atoms with Gasteiger partial charge in [-0.2, -0.15) is 0 Å². The fourth-order valence-corrected chi connectivity index (χ4v) is 1.25. The van der Waals surface area contributed by atoms with Crippen molar-refractivity contribution in [2.24, 2.45) is 0 Å². The minimum absolute atomic E-state index is 0.0127. The van der Waals surface area contributed by atoms with Gasteiger partial charge in [0.1, 0.15) is 0 Å². The Morgan fingerprint density at radius 3 is 2.53 bits per heavy atom. The molecule has 0 saturated carbocycles. The Kier molecular flexibility index (Phi) is 4.92. The first-order valence-electron chi connectivity index (χ1n) is 4.81. The first-order valence-corrected chi connectivity index (χ1v) is 5.62. The number of hydrogen-bond donors (Lipinski definition) is 1. The number of benzene rings is 1. The molecule has 1 N–H and O–H groups in total. The molecule has 0 aliphatic heterocycles. The number of hydrogen-bond acceptors (Lipinski definition) is 1. The van der Waals surface area contributed by atoms with Gasteiger partial charge in [0.15, 0.2) is 0 Å². The molecule has 0 saturated heterocycles. The van der Waals surface area contributed by atoms with Crippen LogP contribution in [0.4, 0.5) is 0 Å². The normalized spacial score (nSPS) is 12.2. The Balaban J connectivity index is 2.50. The standard InChI is InChI=1S/C11H13Cl2NO/c1-2-9(12)7-14-11(15)8-3-5-10(13)6-4-8/h3-6,9H,2,7H2,1H3,(H,14,15). The zero-order valence-corrected chi connectivity index (χ0v) is 9.98. The summed E-state index contributed by atoms with van der Waals surface area (Å²) in [5.74, 6) is -0.120. The maximum atomic E-state index is 11.6. The van der Waals surface area contributed by atoms with Crippen LogP contribution in [0.2, 0.25) is 5.02 Å². The highest BCUT2D eigenvalue weighted by Crippen LogP contribution is 2.09. The summed E-state index contributed by atoms with van der Waals surface area (Å²) < 4.78 is 0. The Morgan fingerprint density at radius 1 is 1.40 bits per heavy atom. The van der Waals surface area contributed by atoms with Crippen molar-refractivity contribution in [2.75, 3.05) is 6.54 Å². The quantitative estimate of drug-likeness (QED) is 0.812. The van der Waals surface area contributed by atoms with Crippen LogP contribution in [0.25, 0.3) is 0 Å². The molecular formula is C11H13Cl2NO. The van der Waals surface area contributed by atoms with Crippen molar-refractivity contribution in [3.63, 3.8) is 0 Å². The monoisotopic (exact) mass is 245 g/mol. The van der Waals surface area contributed by atoms with Crippen LogP contribution in [0.3, 0.4) is 0 Å². The van der Waals surface area contributed by atoms with Crippen molar-refractivity contribution in [2.45, 2.75) is 18.7 Å². The smallest absolute Gasteiger partial charge is 0.251 e. The summed E-state index contributed by atoms with van der Waals surface area (Å²) in [7, 11) is 0. The Bertz CT molecular complexity index is 324. The molecule has 2 nitrogen and oxygen atoms in total. The summed E-state index contributed by atoms with van der Waals surface area (Å²) in [5, 5.41) is 3.36. The molecule has 82 valence electrons. The number of carbonyl (C=O) groups is 1. The van der Waals surface area contributed by atoms with E-state index in [2.05, 4.69) is 5.32 Å². The van der Waals surface area contributed by atoms with Gasteiger partial charge in [-0.05, 0) is 30.7 Å². The molecule has 0 bridgehead atoms. The minimum atomic E-state index is -0.120. The van der Waals surface area contributed by atoms with Crippen LogP contribution in [-0.4, -0.2) is 17.8 Å². The molecule has 0 aliphatic carbocycles. The van der Waals surface area contributed by atoms with E-state index in [0.29, 0.717) is 17.1 Å². The van der Waals surface area contributed by atoms with Crippen molar-refractivity contribution in [3.05, 3.63) is 34.9 Å². The van der Waals surface area contributed by atoms with Crippen molar-refractivity contribution >= 4 is 29.1 Å². The van der Waals surface area contributed by atoms with E-state index < -0.39 is 0 Å². The van der Waals surface area contributed by atoms with E-state index in [1.165, 1.54) is 0 Å². The molecule has 0 fully saturated rings. The lowest BCUT2D eigenvalue weighted by Gasteiger charge is -2.08. The van der Waals surface area contributed by atoms with E-state index in [0.717, 1.165) is 6.42 Å². The molecule has 1 amide bonds. The first-order chi connectivity index (χ1) is 7.13. The fourth-order valence-electron chi connectivity index (χ4n) is 1.05. The van der Waals surface area contributed by atoms with Gasteiger partial charge in [-0.3, -0.25) is 4.79 Å². The van der Waals surface area contributed by atoms with Crippen LogP contribution in [0.15, 0.2) is 24.3 Å². The molecular weight excluding hydrogens is 233 g/mol. The van der Waals surface area contributed by atoms with E-state index in [-0.39, 0.29) is 11.3 Å². The van der Waals surface area contributed by atoms with E-state index in [4.69, 9.17) is 23.2 Å². The third-order valence-corrected chi connectivity index (χ3v) is 2.75. The predicted octanol–water partition coefficient (Wildman–Crippen LogP) is 3.09. The van der Waals surface area contributed by atoms with Gasteiger partial charge in [-0.15, -0.1) is 11.6 Å². The molecule has 1 unspecified atom stereocenters. The lowest BCUT2D eigenvalue weighted by atomic mass is 10.2. The molecule has 0 radical (unpaired) electrons. The zero-order chi connectivity index (χ0) is 11.3. The third kappa shape index (κ3) is 4.10. The van der Waals surface area contributed by atoms with Gasteiger partial charge in [-0.25, -0.2) is 0 Å². The van der Waals surface area contributed by atoms with Crippen molar-refractivity contribution in [1.82, 2.24) is 5.32 Å². The minimum Gasteiger partial charge on any atom is -0.351 e. The van der Waals surface area contributed by atoms with E-state index in [1.807, 2.05) is 6.92 Å². The highest BCUT2D eigenvalue weighted by molar-refractivity contribution is 6.30. The highest BCUT2D eigenvalue weighted by atomic mass is 35.5. The summed E-state index contributed by atoms with van der Waals surface area (Å²) in [4.78, 5) is 11.6. The maximum absolute atomic E-state index is 11.6. The molecule has 0 heterocycles. The lowest BCUT2D eigenvalue weighted by Crippen LogP contribution is -2.29. The SMILES string of the molecule is CCC(Cl)CNC(=O)c1ccc(Cl)cc1. The zero-order valence-electron chi connectivity index (χ0n) is 8.47. The second-order valence-corrected chi connectivity index (χ2v) is 4.28. The molecule has 15 heavy (non-hydrogen) atoms. The molecule has 1 aromatic carbocycles. The number of carbonyl (C=O) groups excluding carboxylic acids is 1. The van der Waals surface area contributed by atoms with Gasteiger partial charge in [0.2, 0.25) is 0 Å². The van der Waals surface area contributed by atoms with E-state index in [9.17, 15) is 4.79 Å². The average molecular weight is 246 g/mol. The van der Waals surface area contributed by atoms with Crippen LogP contribution >= 0.6 is 23.2 Å². The van der Waals surface area contributed by atoms with Crippen LogP contribution < -0.4 is 5.32 Å². The van der Waals surface area contributed by atoms with Crippen LogP contribution in [0.1, 0.15) is 23.7 Å². The number of rotatable bonds is 4. The third-order valence-electron chi connectivity index (χ3n) is 2.03. The number of halogens is 2. The van der Waals surface area contributed by atoms with Crippen LogP contribution in [-0.2, 0) is 0 Å². The summed E-state index contributed by atoms with van der Waals surface area (Å²) in [6, 6.07) is 6.75. The average Bonchev–Trinajstić information content (AvgIpc) is 2.26. The molecule has 1 rings (SSSR count). The second-order valence-electron chi connectivity index (χ2n) is 3.22. The molecule has 4 heteroatoms. The van der Waals surface area contributed by atoms with Crippen LogP contribution in [0.5, 0.6) is 0 Å². The number of amides is 1. The number of nitrogens with one attached hydrogen (secondary N) is 1. The van der Waals surface area contributed by atoms with E-state index in [1.54, 1.807) is 24.3 Å². The summed E-state index contributed by atoms with van der Waals surface area (Å²) in [6.45, 7) is 2.46. The number of alkyl halides is 1. The summed E-state index contributed by atoms with van der Waals surface area (Å²) in [6.07, 6.45) is 0.836. The molecule has 0 spiro atoms. The van der Waals surface area contributed by atoms with Gasteiger partial charge in [0, 0.05) is 17.1 Å². The van der Waals surface area contributed by atoms with E-state index >= 15 is 0 Å². The fraction of sp³-hybridized carbons (Fsp3) is 0.364. The molecule has 0 aliphatic rings. The van der Waals surface area contributed by atoms with Gasteiger partial charge in [0.05, 0.1) is 5.38 Å². The summed E-state index contributed by atoms with van der Waals surface area (Å²) >= 11 is 11.6. The molecule has 1 aromatic rings. The van der Waals surface area contributed by atoms with Crippen molar-refractivity contribution in [1.29, 1.82) is 0 Å².